The Bertz CT molecular complexity index is 1340. The molecule has 0 saturated carbocycles. The molecule has 4 rings (SSSR count). The zero-order chi connectivity index (χ0) is 22.8. The minimum atomic E-state index is -1.03. The fraction of sp³-hybridized carbons (Fsp3) is 0.269. The van der Waals surface area contributed by atoms with Crippen molar-refractivity contribution in [2.45, 2.75) is 46.1 Å². The van der Waals surface area contributed by atoms with Gasteiger partial charge in [-0.25, -0.2) is 9.78 Å². The maximum atomic E-state index is 13.6. The number of aromatic nitrogens is 2. The van der Waals surface area contributed by atoms with Gasteiger partial charge in [-0.05, 0) is 50.8 Å². The molecule has 0 amide bonds. The van der Waals surface area contributed by atoms with Gasteiger partial charge >= 0.3 is 5.97 Å². The van der Waals surface area contributed by atoms with Crippen molar-refractivity contribution in [2.24, 2.45) is 0 Å². The van der Waals surface area contributed by atoms with E-state index in [0.29, 0.717) is 28.9 Å². The van der Waals surface area contributed by atoms with E-state index in [9.17, 15) is 14.7 Å². The smallest absolute Gasteiger partial charge is 0.326 e. The van der Waals surface area contributed by atoms with Crippen molar-refractivity contribution in [3.8, 4) is 11.4 Å². The summed E-state index contributed by atoms with van der Waals surface area (Å²) in [4.78, 5) is 32.5. The Morgan fingerprint density at radius 2 is 1.84 bits per heavy atom. The van der Waals surface area contributed by atoms with Crippen molar-refractivity contribution in [3.05, 3.63) is 86.5 Å². The minimum Gasteiger partial charge on any atom is -0.480 e. The Morgan fingerprint density at radius 1 is 1.09 bits per heavy atom. The molecule has 5 nitrogen and oxygen atoms in total. The van der Waals surface area contributed by atoms with Crippen LogP contribution < -0.4 is 5.56 Å². The minimum absolute atomic E-state index is 0.293. The Hall–Kier alpha value is -3.25. The van der Waals surface area contributed by atoms with Gasteiger partial charge in [-0.2, -0.15) is 0 Å². The zero-order valence-corrected chi connectivity index (χ0v) is 19.3. The predicted octanol–water partition coefficient (Wildman–Crippen LogP) is 5.56. The standard InChI is InChI=1S/C26H26N2O3S/c1-4-20-15-21-24(32-20)27-23(19-7-5-6-17(3)14-19)28(25(21)29)22(26(30)31)13-12-18-10-8-16(2)9-11-18/h5-11,14-15,22H,4,12-13H2,1-3H3,(H,30,31). The van der Waals surface area contributed by atoms with Gasteiger partial charge in [0.1, 0.15) is 16.7 Å². The third-order valence-electron chi connectivity index (χ3n) is 5.70. The molecule has 0 aliphatic heterocycles. The second kappa shape index (κ2) is 9.09. The molecule has 0 aliphatic rings. The Kier molecular flexibility index (Phi) is 6.24. The van der Waals surface area contributed by atoms with Crippen molar-refractivity contribution in [2.75, 3.05) is 0 Å². The highest BCUT2D eigenvalue weighted by Crippen LogP contribution is 2.29. The molecule has 2 aromatic carbocycles. The first-order valence-corrected chi connectivity index (χ1v) is 11.6. The van der Waals surface area contributed by atoms with E-state index in [1.807, 2.05) is 75.4 Å². The van der Waals surface area contributed by atoms with Crippen LogP contribution in [0.5, 0.6) is 0 Å². The topological polar surface area (TPSA) is 72.2 Å². The lowest BCUT2D eigenvalue weighted by Crippen LogP contribution is -2.32. The third kappa shape index (κ3) is 4.36. The zero-order valence-electron chi connectivity index (χ0n) is 18.5. The molecule has 164 valence electrons. The number of carbonyl (C=O) groups is 1. The molecule has 6 heteroatoms. The van der Waals surface area contributed by atoms with Crippen LogP contribution in [0.15, 0.2) is 59.4 Å². The third-order valence-corrected chi connectivity index (χ3v) is 6.87. The first kappa shape index (κ1) is 22.0. The molecule has 1 atom stereocenters. The molecule has 2 aromatic heterocycles. The SMILES string of the molecule is CCc1cc2c(=O)n(C(CCc3ccc(C)cc3)C(=O)O)c(-c3cccc(C)c3)nc2s1. The van der Waals surface area contributed by atoms with Crippen molar-refractivity contribution in [1.82, 2.24) is 9.55 Å². The van der Waals surface area contributed by atoms with Gasteiger partial charge in [0, 0.05) is 10.4 Å². The van der Waals surface area contributed by atoms with Crippen LogP contribution in [0.4, 0.5) is 0 Å². The van der Waals surface area contributed by atoms with Gasteiger partial charge < -0.3 is 5.11 Å². The molecule has 0 fully saturated rings. The van der Waals surface area contributed by atoms with Gasteiger partial charge in [0.25, 0.3) is 5.56 Å². The van der Waals surface area contributed by atoms with Crippen LogP contribution in [-0.2, 0) is 17.6 Å². The van der Waals surface area contributed by atoms with Gasteiger partial charge in [-0.3, -0.25) is 9.36 Å². The summed E-state index contributed by atoms with van der Waals surface area (Å²) in [6.07, 6.45) is 1.66. The van der Waals surface area contributed by atoms with E-state index in [1.165, 1.54) is 15.9 Å². The summed E-state index contributed by atoms with van der Waals surface area (Å²) in [5.74, 6) is -0.618. The molecule has 0 spiro atoms. The van der Waals surface area contributed by atoms with Gasteiger partial charge in [-0.1, -0.05) is 60.5 Å². The average Bonchev–Trinajstić information content (AvgIpc) is 3.20. The van der Waals surface area contributed by atoms with E-state index in [-0.39, 0.29) is 5.56 Å². The van der Waals surface area contributed by atoms with E-state index in [4.69, 9.17) is 4.98 Å². The molecule has 0 bridgehead atoms. The monoisotopic (exact) mass is 446 g/mol. The van der Waals surface area contributed by atoms with Gasteiger partial charge in [-0.15, -0.1) is 11.3 Å². The van der Waals surface area contributed by atoms with Crippen LogP contribution in [0, 0.1) is 13.8 Å². The number of carboxylic acids is 1. The lowest BCUT2D eigenvalue weighted by molar-refractivity contribution is -0.141. The van der Waals surface area contributed by atoms with Gasteiger partial charge in [0.05, 0.1) is 5.39 Å². The Morgan fingerprint density at radius 3 is 2.50 bits per heavy atom. The summed E-state index contributed by atoms with van der Waals surface area (Å²) in [6, 6.07) is 16.6. The van der Waals surface area contributed by atoms with E-state index >= 15 is 0 Å². The normalized spacial score (nSPS) is 12.2. The highest BCUT2D eigenvalue weighted by atomic mass is 32.1. The molecule has 0 saturated heterocycles. The molecular formula is C26H26N2O3S. The summed E-state index contributed by atoms with van der Waals surface area (Å²) in [6.45, 7) is 6.02. The van der Waals surface area contributed by atoms with Crippen molar-refractivity contribution in [1.29, 1.82) is 0 Å². The van der Waals surface area contributed by atoms with Gasteiger partial charge in [0.15, 0.2) is 0 Å². The number of rotatable bonds is 7. The first-order chi connectivity index (χ1) is 15.4. The highest BCUT2D eigenvalue weighted by molar-refractivity contribution is 7.18. The van der Waals surface area contributed by atoms with Crippen LogP contribution in [0.3, 0.4) is 0 Å². The number of thiophene rings is 1. The maximum absolute atomic E-state index is 13.6. The number of carboxylic acid groups (broad SMARTS) is 1. The summed E-state index contributed by atoms with van der Waals surface area (Å²) in [5.41, 5.74) is 3.68. The molecule has 0 radical (unpaired) electrons. The molecule has 1 N–H and O–H groups in total. The predicted molar refractivity (Wildman–Crippen MR) is 130 cm³/mol. The second-order valence-electron chi connectivity index (χ2n) is 8.14. The van der Waals surface area contributed by atoms with E-state index in [2.05, 4.69) is 0 Å². The lowest BCUT2D eigenvalue weighted by Gasteiger charge is -2.20. The second-order valence-corrected chi connectivity index (χ2v) is 9.26. The number of aryl methyl sites for hydroxylation is 4. The summed E-state index contributed by atoms with van der Waals surface area (Å²) >= 11 is 1.49. The molecule has 2 heterocycles. The number of fused-ring (bicyclic) bond motifs is 1. The Balaban J connectivity index is 1.87. The Labute approximate surface area is 191 Å². The van der Waals surface area contributed by atoms with E-state index in [1.54, 1.807) is 0 Å². The molecule has 4 aromatic rings. The molecule has 1 unspecified atom stereocenters. The highest BCUT2D eigenvalue weighted by Gasteiger charge is 2.27. The van der Waals surface area contributed by atoms with Crippen molar-refractivity contribution < 1.29 is 9.90 Å². The van der Waals surface area contributed by atoms with Crippen molar-refractivity contribution in [3.63, 3.8) is 0 Å². The quantitative estimate of drug-likeness (QED) is 0.403. The van der Waals surface area contributed by atoms with Crippen LogP contribution >= 0.6 is 11.3 Å². The molecule has 32 heavy (non-hydrogen) atoms. The number of aliphatic carboxylic acids is 1. The fourth-order valence-electron chi connectivity index (χ4n) is 3.92. The number of nitrogens with zero attached hydrogens (tertiary/aromatic N) is 2. The average molecular weight is 447 g/mol. The van der Waals surface area contributed by atoms with Crippen molar-refractivity contribution >= 4 is 27.5 Å². The number of benzene rings is 2. The number of hydrogen-bond acceptors (Lipinski definition) is 4. The van der Waals surface area contributed by atoms with E-state index in [0.717, 1.165) is 33.6 Å². The lowest BCUT2D eigenvalue weighted by atomic mass is 10.0. The van der Waals surface area contributed by atoms with E-state index < -0.39 is 12.0 Å². The summed E-state index contributed by atoms with van der Waals surface area (Å²) in [5, 5.41) is 10.6. The largest absolute Gasteiger partial charge is 0.480 e. The fourth-order valence-corrected chi connectivity index (χ4v) is 4.87. The first-order valence-electron chi connectivity index (χ1n) is 10.8. The summed E-state index contributed by atoms with van der Waals surface area (Å²) in [7, 11) is 0. The van der Waals surface area contributed by atoms with Crippen LogP contribution in [0.25, 0.3) is 21.6 Å². The summed E-state index contributed by atoms with van der Waals surface area (Å²) < 4.78 is 1.39. The van der Waals surface area contributed by atoms with Crippen LogP contribution in [-0.4, -0.2) is 20.6 Å². The van der Waals surface area contributed by atoms with Crippen LogP contribution in [0.2, 0.25) is 0 Å². The number of hydrogen-bond donors (Lipinski definition) is 1. The molecular weight excluding hydrogens is 420 g/mol. The molecule has 0 aliphatic carbocycles. The maximum Gasteiger partial charge on any atom is 0.326 e. The van der Waals surface area contributed by atoms with Crippen LogP contribution in [0.1, 0.15) is 41.0 Å². The van der Waals surface area contributed by atoms with Gasteiger partial charge in [0.2, 0.25) is 0 Å².